The number of nitrogens with zero attached hydrogens (tertiary/aromatic N) is 2. The smallest absolute Gasteiger partial charge is 0.317 e. The normalized spacial score (nSPS) is 18.7. The minimum Gasteiger partial charge on any atom is -0.459 e. The van der Waals surface area contributed by atoms with Gasteiger partial charge in [0.1, 0.15) is 0 Å². The molecule has 0 atom stereocenters. The van der Waals surface area contributed by atoms with Crippen molar-refractivity contribution >= 4 is 11.9 Å². The number of nitrogens with one attached hydrogen (secondary N) is 1. The van der Waals surface area contributed by atoms with E-state index in [0.717, 1.165) is 25.9 Å². The maximum absolute atomic E-state index is 12.3. The Balaban J connectivity index is 1.45. The van der Waals surface area contributed by atoms with Crippen molar-refractivity contribution in [2.75, 3.05) is 26.2 Å². The monoisotopic (exact) mass is 319 g/mol. The highest BCUT2D eigenvalue weighted by molar-refractivity contribution is 5.91. The van der Waals surface area contributed by atoms with Crippen molar-refractivity contribution in [2.45, 2.75) is 38.6 Å². The van der Waals surface area contributed by atoms with Gasteiger partial charge in [-0.25, -0.2) is 4.79 Å². The van der Waals surface area contributed by atoms with Crippen LogP contribution in [0, 0.1) is 5.92 Å². The molecule has 126 valence electrons. The Labute approximate surface area is 136 Å². The number of amides is 3. The van der Waals surface area contributed by atoms with Gasteiger partial charge in [0.05, 0.1) is 6.26 Å². The molecule has 0 spiro atoms. The standard InChI is InChI=1S/C17H25N3O3/c1-2-19(12-13-5-6-13)17(22)18-14-7-9-20(10-8-14)16(21)15-4-3-11-23-15/h3-4,11,13-14H,2,5-10,12H2,1H3,(H,18,22). The molecule has 1 aliphatic heterocycles. The predicted molar refractivity (Wildman–Crippen MR) is 86.1 cm³/mol. The lowest BCUT2D eigenvalue weighted by molar-refractivity contribution is 0.0674. The number of hydrogen-bond donors (Lipinski definition) is 1. The number of carbonyl (C=O) groups is 2. The summed E-state index contributed by atoms with van der Waals surface area (Å²) in [5, 5.41) is 3.12. The third-order valence-electron chi connectivity index (χ3n) is 4.69. The number of urea groups is 1. The summed E-state index contributed by atoms with van der Waals surface area (Å²) in [4.78, 5) is 28.2. The fraction of sp³-hybridized carbons (Fsp3) is 0.647. The first-order chi connectivity index (χ1) is 11.2. The Hall–Kier alpha value is -1.98. The summed E-state index contributed by atoms with van der Waals surface area (Å²) in [5.74, 6) is 1.02. The molecule has 1 saturated carbocycles. The van der Waals surface area contributed by atoms with Crippen LogP contribution in [0.5, 0.6) is 0 Å². The zero-order chi connectivity index (χ0) is 16.2. The molecule has 0 aromatic carbocycles. The van der Waals surface area contributed by atoms with Crippen LogP contribution in [0.25, 0.3) is 0 Å². The first kappa shape index (κ1) is 15.9. The Morgan fingerprint density at radius 1 is 1.30 bits per heavy atom. The number of piperidine rings is 1. The van der Waals surface area contributed by atoms with Crippen molar-refractivity contribution in [1.29, 1.82) is 0 Å². The molecule has 3 amide bonds. The lowest BCUT2D eigenvalue weighted by Gasteiger charge is -2.33. The molecule has 1 N–H and O–H groups in total. The number of furan rings is 1. The average molecular weight is 319 g/mol. The predicted octanol–water partition coefficient (Wildman–Crippen LogP) is 2.33. The fourth-order valence-corrected chi connectivity index (χ4v) is 3.02. The van der Waals surface area contributed by atoms with Gasteiger partial charge in [0.2, 0.25) is 0 Å². The number of rotatable bonds is 5. The summed E-state index contributed by atoms with van der Waals surface area (Å²) in [6, 6.07) is 3.60. The highest BCUT2D eigenvalue weighted by Crippen LogP contribution is 2.29. The van der Waals surface area contributed by atoms with Crippen LogP contribution in [-0.2, 0) is 0 Å². The van der Waals surface area contributed by atoms with Gasteiger partial charge in [0.25, 0.3) is 5.91 Å². The number of likely N-dealkylation sites (tertiary alicyclic amines) is 1. The van der Waals surface area contributed by atoms with E-state index in [1.165, 1.54) is 19.1 Å². The average Bonchev–Trinajstić information content (AvgIpc) is 3.22. The highest BCUT2D eigenvalue weighted by Gasteiger charge is 2.29. The van der Waals surface area contributed by atoms with E-state index in [0.29, 0.717) is 24.8 Å². The van der Waals surface area contributed by atoms with Gasteiger partial charge in [-0.05, 0) is 50.7 Å². The molecule has 2 fully saturated rings. The lowest BCUT2D eigenvalue weighted by Crippen LogP contribution is -2.50. The summed E-state index contributed by atoms with van der Waals surface area (Å²) in [6.07, 6.45) is 5.59. The Bertz CT molecular complexity index is 531. The van der Waals surface area contributed by atoms with Crippen molar-refractivity contribution in [3.05, 3.63) is 24.2 Å². The zero-order valence-corrected chi connectivity index (χ0v) is 13.7. The van der Waals surface area contributed by atoms with Gasteiger partial charge < -0.3 is 19.5 Å². The van der Waals surface area contributed by atoms with Crippen LogP contribution in [0.4, 0.5) is 4.79 Å². The van der Waals surface area contributed by atoms with Crippen LogP contribution < -0.4 is 5.32 Å². The summed E-state index contributed by atoms with van der Waals surface area (Å²) >= 11 is 0. The van der Waals surface area contributed by atoms with Crippen molar-refractivity contribution < 1.29 is 14.0 Å². The summed E-state index contributed by atoms with van der Waals surface area (Å²) < 4.78 is 5.16. The lowest BCUT2D eigenvalue weighted by atomic mass is 10.0. The molecule has 2 aliphatic rings. The van der Waals surface area contributed by atoms with E-state index >= 15 is 0 Å². The second-order valence-electron chi connectivity index (χ2n) is 6.48. The van der Waals surface area contributed by atoms with E-state index in [1.807, 2.05) is 11.8 Å². The fourth-order valence-electron chi connectivity index (χ4n) is 3.02. The molecule has 3 rings (SSSR count). The first-order valence-corrected chi connectivity index (χ1v) is 8.55. The van der Waals surface area contributed by atoms with Crippen molar-refractivity contribution in [2.24, 2.45) is 5.92 Å². The quantitative estimate of drug-likeness (QED) is 0.906. The van der Waals surface area contributed by atoms with Crippen molar-refractivity contribution in [1.82, 2.24) is 15.1 Å². The Morgan fingerprint density at radius 3 is 2.61 bits per heavy atom. The van der Waals surface area contributed by atoms with E-state index < -0.39 is 0 Å². The molecule has 1 aromatic rings. The van der Waals surface area contributed by atoms with Gasteiger partial charge in [-0.2, -0.15) is 0 Å². The van der Waals surface area contributed by atoms with Gasteiger partial charge >= 0.3 is 6.03 Å². The molecule has 6 heteroatoms. The van der Waals surface area contributed by atoms with Crippen LogP contribution in [-0.4, -0.2) is 54.0 Å². The van der Waals surface area contributed by atoms with Crippen LogP contribution in [0.1, 0.15) is 43.2 Å². The van der Waals surface area contributed by atoms with Crippen molar-refractivity contribution in [3.63, 3.8) is 0 Å². The zero-order valence-electron chi connectivity index (χ0n) is 13.7. The SMILES string of the molecule is CCN(CC1CC1)C(=O)NC1CCN(C(=O)c2ccco2)CC1. The molecule has 6 nitrogen and oxygen atoms in total. The van der Waals surface area contributed by atoms with Crippen molar-refractivity contribution in [3.8, 4) is 0 Å². The second kappa shape index (κ2) is 7.06. The Kier molecular flexibility index (Phi) is 4.88. The molecule has 23 heavy (non-hydrogen) atoms. The first-order valence-electron chi connectivity index (χ1n) is 8.55. The van der Waals surface area contributed by atoms with E-state index in [-0.39, 0.29) is 18.0 Å². The summed E-state index contributed by atoms with van der Waals surface area (Å²) in [5.41, 5.74) is 0. The molecule has 1 aromatic heterocycles. The summed E-state index contributed by atoms with van der Waals surface area (Å²) in [7, 11) is 0. The third-order valence-corrected chi connectivity index (χ3v) is 4.69. The maximum Gasteiger partial charge on any atom is 0.317 e. The maximum atomic E-state index is 12.3. The molecule has 0 radical (unpaired) electrons. The second-order valence-corrected chi connectivity index (χ2v) is 6.48. The number of hydrogen-bond acceptors (Lipinski definition) is 3. The van der Waals surface area contributed by atoms with Crippen LogP contribution in [0.15, 0.2) is 22.8 Å². The van der Waals surface area contributed by atoms with E-state index in [1.54, 1.807) is 17.0 Å². The molecule has 2 heterocycles. The van der Waals surface area contributed by atoms with Gasteiger partial charge in [0.15, 0.2) is 5.76 Å². The molecule has 0 bridgehead atoms. The molecule has 0 unspecified atom stereocenters. The molecule has 1 aliphatic carbocycles. The van der Waals surface area contributed by atoms with E-state index in [4.69, 9.17) is 4.42 Å². The van der Waals surface area contributed by atoms with Crippen LogP contribution in [0.2, 0.25) is 0 Å². The minimum absolute atomic E-state index is 0.0372. The third kappa shape index (κ3) is 4.06. The van der Waals surface area contributed by atoms with Gasteiger partial charge in [-0.1, -0.05) is 0 Å². The molecule has 1 saturated heterocycles. The Morgan fingerprint density at radius 2 is 2.04 bits per heavy atom. The van der Waals surface area contributed by atoms with Gasteiger partial charge in [-0.3, -0.25) is 4.79 Å². The molecular weight excluding hydrogens is 294 g/mol. The van der Waals surface area contributed by atoms with Gasteiger partial charge in [0, 0.05) is 32.2 Å². The largest absolute Gasteiger partial charge is 0.459 e. The van der Waals surface area contributed by atoms with E-state index in [9.17, 15) is 9.59 Å². The van der Waals surface area contributed by atoms with Gasteiger partial charge in [-0.15, -0.1) is 0 Å². The van der Waals surface area contributed by atoms with E-state index in [2.05, 4.69) is 5.32 Å². The molecular formula is C17H25N3O3. The topological polar surface area (TPSA) is 65.8 Å². The van der Waals surface area contributed by atoms with Crippen LogP contribution in [0.3, 0.4) is 0 Å². The minimum atomic E-state index is -0.0660. The van der Waals surface area contributed by atoms with Crippen LogP contribution >= 0.6 is 0 Å². The number of carbonyl (C=O) groups excluding carboxylic acids is 2. The highest BCUT2D eigenvalue weighted by atomic mass is 16.3. The summed E-state index contributed by atoms with van der Waals surface area (Å²) in [6.45, 7) is 4.95.